The fraction of sp³-hybridized carbons (Fsp3) is 0.644. The molecular weight excluding hydrogens is 805 g/mol. The lowest BCUT2D eigenvalue weighted by Gasteiger charge is -2.18. The topological polar surface area (TPSA) is 78.9 Å². The predicted molar refractivity (Wildman–Crippen MR) is 279 cm³/mol. The fourth-order valence-corrected chi connectivity index (χ4v) is 6.87. The predicted octanol–water partition coefficient (Wildman–Crippen LogP) is 17.5. The van der Waals surface area contributed by atoms with Gasteiger partial charge >= 0.3 is 17.9 Å². The van der Waals surface area contributed by atoms with Crippen molar-refractivity contribution in [1.82, 2.24) is 0 Å². The zero-order valence-electron chi connectivity index (χ0n) is 42.0. The molecule has 0 amide bonds. The third kappa shape index (κ3) is 50.9. The highest BCUT2D eigenvalue weighted by Gasteiger charge is 2.19. The van der Waals surface area contributed by atoms with Crippen LogP contribution in [-0.2, 0) is 28.6 Å². The van der Waals surface area contributed by atoms with E-state index in [1.54, 1.807) is 0 Å². The van der Waals surface area contributed by atoms with Crippen molar-refractivity contribution in [1.29, 1.82) is 0 Å². The summed E-state index contributed by atoms with van der Waals surface area (Å²) in [4.78, 5) is 38.0. The van der Waals surface area contributed by atoms with Crippen molar-refractivity contribution in [3.05, 3.63) is 109 Å². The Morgan fingerprint density at radius 2 is 0.600 bits per heavy atom. The van der Waals surface area contributed by atoms with E-state index in [9.17, 15) is 14.4 Å². The van der Waals surface area contributed by atoms with Crippen molar-refractivity contribution in [3.63, 3.8) is 0 Å². The van der Waals surface area contributed by atoms with Crippen LogP contribution in [0.25, 0.3) is 0 Å². The summed E-state index contributed by atoms with van der Waals surface area (Å²) in [5, 5.41) is 0. The number of carbonyl (C=O) groups excluding carboxylic acids is 3. The molecule has 0 aliphatic rings. The van der Waals surface area contributed by atoms with Crippen molar-refractivity contribution in [2.75, 3.05) is 13.2 Å². The number of rotatable bonds is 46. The van der Waals surface area contributed by atoms with Crippen LogP contribution in [0.2, 0.25) is 0 Å². The van der Waals surface area contributed by atoms with Gasteiger partial charge in [-0.25, -0.2) is 0 Å². The molecule has 0 radical (unpaired) electrons. The van der Waals surface area contributed by atoms with Gasteiger partial charge < -0.3 is 14.2 Å². The van der Waals surface area contributed by atoms with E-state index in [1.807, 2.05) is 0 Å². The van der Waals surface area contributed by atoms with Crippen molar-refractivity contribution in [2.45, 2.75) is 232 Å². The molecule has 368 valence electrons. The molecular formula is C59H96O6. The molecule has 0 saturated carbocycles. The number of allylic oxidation sites excluding steroid dienone is 18. The van der Waals surface area contributed by atoms with E-state index in [-0.39, 0.29) is 31.1 Å². The Morgan fingerprint density at radius 3 is 0.954 bits per heavy atom. The minimum atomic E-state index is -0.801. The van der Waals surface area contributed by atoms with Gasteiger partial charge in [0, 0.05) is 19.3 Å². The molecule has 0 aromatic carbocycles. The molecule has 0 fully saturated rings. The Balaban J connectivity index is 4.46. The molecule has 0 N–H and O–H groups in total. The maximum Gasteiger partial charge on any atom is 0.306 e. The van der Waals surface area contributed by atoms with Crippen molar-refractivity contribution in [2.24, 2.45) is 0 Å². The average Bonchev–Trinajstić information content (AvgIpc) is 3.30. The third-order valence-corrected chi connectivity index (χ3v) is 10.8. The molecule has 6 heteroatoms. The van der Waals surface area contributed by atoms with Gasteiger partial charge in [0.1, 0.15) is 13.2 Å². The molecule has 0 bridgehead atoms. The maximum atomic E-state index is 12.8. The molecule has 65 heavy (non-hydrogen) atoms. The van der Waals surface area contributed by atoms with E-state index >= 15 is 0 Å². The Kier molecular flexibility index (Phi) is 49.5. The molecule has 0 aliphatic carbocycles. The molecule has 0 rings (SSSR count). The summed E-state index contributed by atoms with van der Waals surface area (Å²) in [6.45, 7) is 6.34. The highest BCUT2D eigenvalue weighted by Crippen LogP contribution is 2.14. The first-order chi connectivity index (χ1) is 32.0. The Bertz CT molecular complexity index is 1360. The molecule has 1 atom stereocenters. The first kappa shape index (κ1) is 61.1. The monoisotopic (exact) mass is 901 g/mol. The summed E-state index contributed by atoms with van der Waals surface area (Å²) in [6, 6.07) is 0. The van der Waals surface area contributed by atoms with Gasteiger partial charge in [0.15, 0.2) is 6.10 Å². The van der Waals surface area contributed by atoms with Crippen molar-refractivity contribution in [3.8, 4) is 0 Å². The van der Waals surface area contributed by atoms with Crippen LogP contribution in [0, 0.1) is 0 Å². The minimum absolute atomic E-state index is 0.102. The first-order valence-electron chi connectivity index (χ1n) is 26.4. The zero-order chi connectivity index (χ0) is 47.2. The van der Waals surface area contributed by atoms with Gasteiger partial charge in [-0.15, -0.1) is 0 Å². The van der Waals surface area contributed by atoms with Gasteiger partial charge in [-0.2, -0.15) is 0 Å². The smallest absolute Gasteiger partial charge is 0.306 e. The summed E-state index contributed by atoms with van der Waals surface area (Å²) in [5.74, 6) is -0.960. The molecule has 0 unspecified atom stereocenters. The summed E-state index contributed by atoms with van der Waals surface area (Å²) in [6.07, 6.45) is 70.7. The average molecular weight is 901 g/mol. The second-order valence-electron chi connectivity index (χ2n) is 17.0. The Hall–Kier alpha value is -3.93. The van der Waals surface area contributed by atoms with Gasteiger partial charge in [-0.3, -0.25) is 14.4 Å². The summed E-state index contributed by atoms with van der Waals surface area (Å²) in [5.41, 5.74) is 0. The number of esters is 3. The van der Waals surface area contributed by atoms with Crippen LogP contribution in [0.5, 0.6) is 0 Å². The molecule has 6 nitrogen and oxygen atoms in total. The van der Waals surface area contributed by atoms with Gasteiger partial charge in [-0.1, -0.05) is 214 Å². The molecule has 0 aromatic rings. The lowest BCUT2D eigenvalue weighted by molar-refractivity contribution is -0.167. The quantitative estimate of drug-likeness (QED) is 0.0262. The zero-order valence-corrected chi connectivity index (χ0v) is 42.0. The van der Waals surface area contributed by atoms with E-state index in [0.29, 0.717) is 19.3 Å². The normalized spacial score (nSPS) is 13.0. The van der Waals surface area contributed by atoms with E-state index < -0.39 is 6.10 Å². The van der Waals surface area contributed by atoms with E-state index in [0.717, 1.165) is 135 Å². The van der Waals surface area contributed by atoms with Crippen molar-refractivity contribution >= 4 is 17.9 Å². The molecule has 0 aromatic heterocycles. The van der Waals surface area contributed by atoms with E-state index in [2.05, 4.69) is 130 Å². The standard InChI is InChI=1S/C59H96O6/c1-4-7-10-13-16-19-22-24-26-28-29-31-33-35-38-40-43-46-49-52-58(61)64-55-56(65-59(62)53-50-47-44-41-36-21-18-15-12-9-6-3)54-63-57(60)51-48-45-42-39-37-34-32-30-27-25-23-20-17-14-11-8-5-2/h7-8,10-11,16-17,19-20,24-27,29,31-32,34-35,38,56H,4-6,9,12-15,18,21-23,28,30,33,36-37,39-55H2,1-3H3/b10-7-,11-8-,19-16-,20-17-,26-24-,27-25-,31-29-,34-32-,38-35-/t56-/m0/s1. The maximum absolute atomic E-state index is 12.8. The number of ether oxygens (including phenoxy) is 3. The van der Waals surface area contributed by atoms with Crippen LogP contribution < -0.4 is 0 Å². The number of hydrogen-bond acceptors (Lipinski definition) is 6. The largest absolute Gasteiger partial charge is 0.462 e. The van der Waals surface area contributed by atoms with Crippen LogP contribution in [-0.4, -0.2) is 37.2 Å². The minimum Gasteiger partial charge on any atom is -0.462 e. The lowest BCUT2D eigenvalue weighted by atomic mass is 10.1. The Morgan fingerprint density at radius 1 is 0.323 bits per heavy atom. The van der Waals surface area contributed by atoms with Gasteiger partial charge in [0.25, 0.3) is 0 Å². The van der Waals surface area contributed by atoms with E-state index in [1.165, 1.54) is 51.4 Å². The number of carbonyl (C=O) groups is 3. The highest BCUT2D eigenvalue weighted by atomic mass is 16.6. The van der Waals surface area contributed by atoms with Crippen LogP contribution in [0.15, 0.2) is 109 Å². The van der Waals surface area contributed by atoms with Gasteiger partial charge in [0.05, 0.1) is 0 Å². The summed E-state index contributed by atoms with van der Waals surface area (Å²) >= 11 is 0. The number of unbranched alkanes of at least 4 members (excludes halogenated alkanes) is 17. The first-order valence-corrected chi connectivity index (χ1v) is 26.4. The van der Waals surface area contributed by atoms with E-state index in [4.69, 9.17) is 14.2 Å². The second-order valence-corrected chi connectivity index (χ2v) is 17.0. The highest BCUT2D eigenvalue weighted by molar-refractivity contribution is 5.71. The van der Waals surface area contributed by atoms with Crippen LogP contribution >= 0.6 is 0 Å². The summed E-state index contributed by atoms with van der Waals surface area (Å²) < 4.78 is 16.8. The molecule has 0 saturated heterocycles. The van der Waals surface area contributed by atoms with Gasteiger partial charge in [-0.05, 0) is 103 Å². The molecule has 0 aliphatic heterocycles. The summed E-state index contributed by atoms with van der Waals surface area (Å²) in [7, 11) is 0. The third-order valence-electron chi connectivity index (χ3n) is 10.8. The second kappa shape index (κ2) is 52.7. The van der Waals surface area contributed by atoms with Crippen LogP contribution in [0.4, 0.5) is 0 Å². The Labute approximate surface area is 400 Å². The van der Waals surface area contributed by atoms with Crippen molar-refractivity contribution < 1.29 is 28.6 Å². The van der Waals surface area contributed by atoms with Crippen LogP contribution in [0.1, 0.15) is 226 Å². The SMILES string of the molecule is CC/C=C\C/C=C\C/C=C\C/C=C\C/C=C\CCCCCC(=O)OC[C@H](COC(=O)CCCCCC/C=C\C/C=C\C/C=C\C/C=C\CC)OC(=O)CCCCCCCCCCCCC. The lowest BCUT2D eigenvalue weighted by Crippen LogP contribution is -2.30. The van der Waals surface area contributed by atoms with Crippen LogP contribution in [0.3, 0.4) is 0 Å². The molecule has 0 heterocycles. The van der Waals surface area contributed by atoms with Gasteiger partial charge in [0.2, 0.25) is 0 Å². The molecule has 0 spiro atoms. The number of hydrogen-bond donors (Lipinski definition) is 0. The fourth-order valence-electron chi connectivity index (χ4n) is 6.87.